The lowest BCUT2D eigenvalue weighted by molar-refractivity contribution is 0.127. The van der Waals surface area contributed by atoms with Gasteiger partial charge in [0, 0.05) is 13.2 Å². The fourth-order valence-electron chi connectivity index (χ4n) is 3.88. The number of hydrogen-bond acceptors (Lipinski definition) is 1. The molecule has 28 heavy (non-hydrogen) atoms. The second-order valence-electron chi connectivity index (χ2n) is 8.50. The normalized spacial score (nSPS) is 11.2. The van der Waals surface area contributed by atoms with E-state index < -0.39 is 0 Å². The van der Waals surface area contributed by atoms with Crippen LogP contribution in [0.4, 0.5) is 0 Å². The first-order chi connectivity index (χ1) is 13.9. The molecule has 1 nitrogen and oxygen atoms in total. The highest BCUT2D eigenvalue weighted by molar-refractivity contribution is 5.14. The van der Waals surface area contributed by atoms with Crippen LogP contribution in [0, 0.1) is 0 Å². The molecule has 0 fully saturated rings. The van der Waals surface area contributed by atoms with Crippen molar-refractivity contribution in [2.24, 2.45) is 0 Å². The molecule has 1 aromatic rings. The molecule has 0 radical (unpaired) electrons. The van der Waals surface area contributed by atoms with E-state index in [1.165, 1.54) is 108 Å². The molecule has 162 valence electrons. The van der Waals surface area contributed by atoms with Crippen LogP contribution in [0.2, 0.25) is 0 Å². The van der Waals surface area contributed by atoms with Gasteiger partial charge in [-0.15, -0.1) is 0 Å². The van der Waals surface area contributed by atoms with Crippen LogP contribution in [0.5, 0.6) is 0 Å². The summed E-state index contributed by atoms with van der Waals surface area (Å²) in [4.78, 5) is 0. The van der Waals surface area contributed by atoms with Gasteiger partial charge in [0.15, 0.2) is 0 Å². The Bertz CT molecular complexity index is 400. The van der Waals surface area contributed by atoms with Crippen molar-refractivity contribution in [3.05, 3.63) is 35.9 Å². The Hall–Kier alpha value is -0.820. The third-order valence-electron chi connectivity index (χ3n) is 5.74. The van der Waals surface area contributed by atoms with Crippen molar-refractivity contribution in [2.75, 3.05) is 13.2 Å². The highest BCUT2D eigenvalue weighted by Gasteiger charge is 1.96. The first-order valence-electron chi connectivity index (χ1n) is 12.5. The van der Waals surface area contributed by atoms with Gasteiger partial charge in [0.05, 0.1) is 0 Å². The molecule has 0 amide bonds. The van der Waals surface area contributed by atoms with Crippen molar-refractivity contribution in [3.8, 4) is 0 Å². The fraction of sp³-hybridized carbons (Fsp3) is 0.778. The monoisotopic (exact) mass is 388 g/mol. The Morgan fingerprint density at radius 3 is 1.43 bits per heavy atom. The lowest BCUT2D eigenvalue weighted by Gasteiger charge is -2.05. The first kappa shape index (κ1) is 25.2. The van der Waals surface area contributed by atoms with E-state index >= 15 is 0 Å². The van der Waals surface area contributed by atoms with Crippen LogP contribution in [-0.2, 0) is 11.2 Å². The largest absolute Gasteiger partial charge is 0.381 e. The lowest BCUT2D eigenvalue weighted by atomic mass is 10.0. The zero-order chi connectivity index (χ0) is 20.0. The maximum Gasteiger partial charge on any atom is 0.0469 e. The van der Waals surface area contributed by atoms with Gasteiger partial charge in [-0.25, -0.2) is 0 Å². The van der Waals surface area contributed by atoms with E-state index in [0.717, 1.165) is 26.1 Å². The quantitative estimate of drug-likeness (QED) is 0.191. The van der Waals surface area contributed by atoms with Crippen molar-refractivity contribution in [1.82, 2.24) is 0 Å². The van der Waals surface area contributed by atoms with Crippen LogP contribution >= 0.6 is 0 Å². The molecule has 0 N–H and O–H groups in total. The maximum atomic E-state index is 5.77. The molecule has 0 saturated heterocycles. The molecule has 0 spiro atoms. The average molecular weight is 389 g/mol. The third kappa shape index (κ3) is 17.3. The Morgan fingerprint density at radius 1 is 0.500 bits per heavy atom. The lowest BCUT2D eigenvalue weighted by Crippen LogP contribution is -1.98. The maximum absolute atomic E-state index is 5.77. The molecule has 0 aliphatic rings. The second-order valence-corrected chi connectivity index (χ2v) is 8.50. The van der Waals surface area contributed by atoms with E-state index in [4.69, 9.17) is 4.74 Å². The van der Waals surface area contributed by atoms with E-state index in [1.807, 2.05) is 0 Å². The molecule has 0 saturated carbocycles. The number of aryl methyl sites for hydroxylation is 1. The summed E-state index contributed by atoms with van der Waals surface area (Å²) in [6.45, 7) is 4.16. The Morgan fingerprint density at radius 2 is 0.929 bits per heavy atom. The zero-order valence-electron chi connectivity index (χ0n) is 18.9. The minimum Gasteiger partial charge on any atom is -0.381 e. The summed E-state index contributed by atoms with van der Waals surface area (Å²) >= 11 is 0. The fourth-order valence-corrected chi connectivity index (χ4v) is 3.88. The minimum atomic E-state index is 0.910. The van der Waals surface area contributed by atoms with E-state index in [2.05, 4.69) is 37.3 Å². The molecule has 0 heterocycles. The summed E-state index contributed by atoms with van der Waals surface area (Å²) in [5, 5.41) is 0. The average Bonchev–Trinajstić information content (AvgIpc) is 2.73. The number of unbranched alkanes of at least 4 members (excludes halogenated alkanes) is 15. The summed E-state index contributed by atoms with van der Waals surface area (Å²) < 4.78 is 5.77. The van der Waals surface area contributed by atoms with Gasteiger partial charge in [-0.05, 0) is 24.8 Å². The van der Waals surface area contributed by atoms with E-state index in [0.29, 0.717) is 0 Å². The molecule has 1 aromatic carbocycles. The molecule has 0 aromatic heterocycles. The number of ether oxygens (including phenoxy) is 1. The highest BCUT2D eigenvalue weighted by atomic mass is 16.5. The predicted molar refractivity (Wildman–Crippen MR) is 125 cm³/mol. The molecule has 0 aliphatic heterocycles. The van der Waals surface area contributed by atoms with Gasteiger partial charge >= 0.3 is 0 Å². The third-order valence-corrected chi connectivity index (χ3v) is 5.74. The van der Waals surface area contributed by atoms with Crippen LogP contribution in [0.15, 0.2) is 30.3 Å². The molecule has 0 bridgehead atoms. The van der Waals surface area contributed by atoms with Crippen LogP contribution in [0.3, 0.4) is 0 Å². The van der Waals surface area contributed by atoms with E-state index in [1.54, 1.807) is 0 Å². The van der Waals surface area contributed by atoms with E-state index in [-0.39, 0.29) is 0 Å². The van der Waals surface area contributed by atoms with Gasteiger partial charge in [0.1, 0.15) is 0 Å². The van der Waals surface area contributed by atoms with Crippen LogP contribution in [0.25, 0.3) is 0 Å². The van der Waals surface area contributed by atoms with Gasteiger partial charge < -0.3 is 4.74 Å². The summed E-state index contributed by atoms with van der Waals surface area (Å²) in [6, 6.07) is 10.7. The van der Waals surface area contributed by atoms with Crippen molar-refractivity contribution >= 4 is 0 Å². The molecule has 1 rings (SSSR count). The number of hydrogen-bond donors (Lipinski definition) is 0. The summed E-state index contributed by atoms with van der Waals surface area (Å²) in [5.74, 6) is 0. The molecule has 1 heteroatoms. The van der Waals surface area contributed by atoms with Gasteiger partial charge in [0.2, 0.25) is 0 Å². The number of benzene rings is 1. The van der Waals surface area contributed by atoms with E-state index in [9.17, 15) is 0 Å². The second kappa shape index (κ2) is 20.9. The molecule has 0 atom stereocenters. The van der Waals surface area contributed by atoms with Crippen LogP contribution in [0.1, 0.15) is 122 Å². The van der Waals surface area contributed by atoms with Crippen molar-refractivity contribution < 1.29 is 4.74 Å². The summed E-state index contributed by atoms with van der Waals surface area (Å²) in [6.07, 6.45) is 25.1. The zero-order valence-corrected chi connectivity index (χ0v) is 18.9. The van der Waals surface area contributed by atoms with Crippen molar-refractivity contribution in [1.29, 1.82) is 0 Å². The van der Waals surface area contributed by atoms with Gasteiger partial charge in [0.25, 0.3) is 0 Å². The van der Waals surface area contributed by atoms with Gasteiger partial charge in [-0.2, -0.15) is 0 Å². The Balaban J connectivity index is 1.67. The van der Waals surface area contributed by atoms with Crippen molar-refractivity contribution in [2.45, 2.75) is 122 Å². The van der Waals surface area contributed by atoms with Gasteiger partial charge in [-0.1, -0.05) is 134 Å². The predicted octanol–water partition coefficient (Wildman–Crippen LogP) is 8.90. The summed E-state index contributed by atoms with van der Waals surface area (Å²) in [5.41, 5.74) is 1.42. The van der Waals surface area contributed by atoms with Crippen LogP contribution < -0.4 is 0 Å². The SMILES string of the molecule is CCCCCCCCCCCCCCCCCCOCCCc1ccccc1. The first-order valence-corrected chi connectivity index (χ1v) is 12.5. The smallest absolute Gasteiger partial charge is 0.0469 e. The van der Waals surface area contributed by atoms with Crippen molar-refractivity contribution in [3.63, 3.8) is 0 Å². The number of rotatable bonds is 21. The van der Waals surface area contributed by atoms with Crippen LogP contribution in [-0.4, -0.2) is 13.2 Å². The standard InChI is InChI=1S/C27H48O/c1-2-3-4-5-6-7-8-9-10-11-12-13-14-15-16-20-25-28-26-21-24-27-22-18-17-19-23-27/h17-19,22-23H,2-16,20-21,24-26H2,1H3. The van der Waals surface area contributed by atoms with Gasteiger partial charge in [-0.3, -0.25) is 0 Å². The Kier molecular flexibility index (Phi) is 18.8. The molecule has 0 aliphatic carbocycles. The molecular formula is C27H48O. The molecular weight excluding hydrogens is 340 g/mol. The summed E-state index contributed by atoms with van der Waals surface area (Å²) in [7, 11) is 0. The topological polar surface area (TPSA) is 9.23 Å². The molecule has 0 unspecified atom stereocenters. The Labute approximate surface area is 176 Å². The highest BCUT2D eigenvalue weighted by Crippen LogP contribution is 2.13. The minimum absolute atomic E-state index is 0.910.